The number of alkyl halides is 2. The number of benzene rings is 1. The van der Waals surface area contributed by atoms with E-state index >= 15 is 0 Å². The van der Waals surface area contributed by atoms with Crippen molar-refractivity contribution >= 4 is 40.4 Å². The first-order chi connectivity index (χ1) is 6.04. The van der Waals surface area contributed by atoms with Crippen LogP contribution in [0.2, 0.25) is 0 Å². The van der Waals surface area contributed by atoms with Gasteiger partial charge in [-0.1, -0.05) is 29.3 Å². The summed E-state index contributed by atoms with van der Waals surface area (Å²) < 4.78 is 0. The van der Waals surface area contributed by atoms with Crippen LogP contribution in [0.25, 0.3) is 0 Å². The predicted octanol–water partition coefficient (Wildman–Crippen LogP) is 1.84. The fraction of sp³-hybridized carbons (Fsp3) is 0.125. The van der Waals surface area contributed by atoms with Crippen LogP contribution < -0.4 is 11.5 Å². The normalized spacial score (nSPS) is 10.4. The van der Waals surface area contributed by atoms with Gasteiger partial charge >= 0.3 is 0 Å². The van der Waals surface area contributed by atoms with Gasteiger partial charge in [0.15, 0.2) is 10.6 Å². The van der Waals surface area contributed by atoms with Gasteiger partial charge < -0.3 is 11.5 Å². The molecule has 0 aliphatic rings. The Morgan fingerprint density at radius 2 is 1.92 bits per heavy atom. The van der Waals surface area contributed by atoms with Crippen molar-refractivity contribution in [1.29, 1.82) is 0 Å². The molecule has 0 saturated heterocycles. The Bertz CT molecular complexity index is 339. The molecular weight excluding hydrogens is 211 g/mol. The molecule has 0 aromatic heterocycles. The number of rotatable bonds is 2. The van der Waals surface area contributed by atoms with Gasteiger partial charge in [0.05, 0.1) is 11.4 Å². The van der Waals surface area contributed by atoms with Crippen LogP contribution in [0.3, 0.4) is 0 Å². The molecule has 0 spiro atoms. The largest absolute Gasteiger partial charge is 0.397 e. The molecule has 0 aliphatic heterocycles. The molecular formula is C8H8Cl2N2O. The van der Waals surface area contributed by atoms with Gasteiger partial charge in [-0.3, -0.25) is 4.79 Å². The minimum absolute atomic E-state index is 0.221. The number of para-hydroxylation sites is 1. The second-order valence-electron chi connectivity index (χ2n) is 2.47. The first kappa shape index (κ1) is 10.2. The van der Waals surface area contributed by atoms with E-state index in [-0.39, 0.29) is 11.3 Å². The molecule has 1 rings (SSSR count). The standard InChI is InChI=1S/C8H8Cl2N2O/c9-8(10)7(13)4-2-1-3-5(11)6(4)12/h1-3,8H,11-12H2. The first-order valence-electron chi connectivity index (χ1n) is 3.50. The van der Waals surface area contributed by atoms with Gasteiger partial charge in [-0.2, -0.15) is 0 Å². The molecule has 0 bridgehead atoms. The van der Waals surface area contributed by atoms with Crippen LogP contribution >= 0.6 is 23.2 Å². The van der Waals surface area contributed by atoms with E-state index in [4.69, 9.17) is 34.7 Å². The fourth-order valence-corrected chi connectivity index (χ4v) is 1.15. The summed E-state index contributed by atoms with van der Waals surface area (Å²) >= 11 is 10.8. The zero-order valence-electron chi connectivity index (χ0n) is 6.63. The highest BCUT2D eigenvalue weighted by molar-refractivity contribution is 6.55. The van der Waals surface area contributed by atoms with Crippen LogP contribution in [0.5, 0.6) is 0 Å². The molecule has 5 heteroatoms. The molecule has 1 aromatic rings. The van der Waals surface area contributed by atoms with Crippen LogP contribution in [-0.4, -0.2) is 10.6 Å². The lowest BCUT2D eigenvalue weighted by molar-refractivity contribution is 0.101. The zero-order chi connectivity index (χ0) is 10.0. The number of nitrogens with two attached hydrogens (primary N) is 2. The summed E-state index contributed by atoms with van der Waals surface area (Å²) in [7, 11) is 0. The van der Waals surface area contributed by atoms with E-state index in [1.54, 1.807) is 12.1 Å². The zero-order valence-corrected chi connectivity index (χ0v) is 8.14. The van der Waals surface area contributed by atoms with Gasteiger partial charge in [-0.15, -0.1) is 0 Å². The molecule has 13 heavy (non-hydrogen) atoms. The van der Waals surface area contributed by atoms with Crippen molar-refractivity contribution < 1.29 is 4.79 Å². The Kier molecular flexibility index (Phi) is 3.01. The SMILES string of the molecule is Nc1cccc(C(=O)C(Cl)Cl)c1N. The number of carbonyl (C=O) groups excluding carboxylic acids is 1. The Labute approximate surface area is 85.6 Å². The lowest BCUT2D eigenvalue weighted by Gasteiger charge is -2.06. The van der Waals surface area contributed by atoms with E-state index in [0.29, 0.717) is 5.69 Å². The number of Topliss-reactive ketones (excluding diaryl/α,β-unsaturated/α-hetero) is 1. The molecule has 0 amide bonds. The number of anilines is 2. The van der Waals surface area contributed by atoms with Crippen LogP contribution in [-0.2, 0) is 0 Å². The van der Waals surface area contributed by atoms with Gasteiger partial charge in [-0.25, -0.2) is 0 Å². The average Bonchev–Trinajstić information content (AvgIpc) is 2.08. The maximum absolute atomic E-state index is 11.3. The first-order valence-corrected chi connectivity index (χ1v) is 4.37. The predicted molar refractivity (Wildman–Crippen MR) is 55.1 cm³/mol. The topological polar surface area (TPSA) is 69.1 Å². The number of hydrogen-bond donors (Lipinski definition) is 2. The van der Waals surface area contributed by atoms with E-state index in [0.717, 1.165) is 0 Å². The Morgan fingerprint density at radius 1 is 1.31 bits per heavy atom. The summed E-state index contributed by atoms with van der Waals surface area (Å²) in [6.45, 7) is 0. The van der Waals surface area contributed by atoms with Crippen molar-refractivity contribution in [3.63, 3.8) is 0 Å². The molecule has 0 saturated carbocycles. The maximum atomic E-state index is 11.3. The second-order valence-corrected chi connectivity index (χ2v) is 3.57. The summed E-state index contributed by atoms with van der Waals surface area (Å²) in [5.74, 6) is -0.437. The van der Waals surface area contributed by atoms with Crippen LogP contribution in [0.1, 0.15) is 10.4 Å². The summed E-state index contributed by atoms with van der Waals surface area (Å²) in [4.78, 5) is 10.2. The number of nitrogen functional groups attached to an aromatic ring is 2. The lowest BCUT2D eigenvalue weighted by Crippen LogP contribution is -2.12. The van der Waals surface area contributed by atoms with Crippen molar-refractivity contribution in [2.45, 2.75) is 4.84 Å². The summed E-state index contributed by atoms with van der Waals surface area (Å²) in [6.07, 6.45) is 0. The van der Waals surface area contributed by atoms with E-state index in [9.17, 15) is 4.79 Å². The van der Waals surface area contributed by atoms with Crippen molar-refractivity contribution in [1.82, 2.24) is 0 Å². The summed E-state index contributed by atoms with van der Waals surface area (Å²) in [6, 6.07) is 4.75. The quantitative estimate of drug-likeness (QED) is 0.453. The molecule has 3 nitrogen and oxygen atoms in total. The molecule has 0 atom stereocenters. The molecule has 4 N–H and O–H groups in total. The Morgan fingerprint density at radius 3 is 2.46 bits per heavy atom. The highest BCUT2D eigenvalue weighted by Gasteiger charge is 2.17. The van der Waals surface area contributed by atoms with Crippen LogP contribution in [0, 0.1) is 0 Å². The van der Waals surface area contributed by atoms with E-state index in [1.807, 2.05) is 0 Å². The molecule has 0 unspecified atom stereocenters. The van der Waals surface area contributed by atoms with Crippen LogP contribution in [0.15, 0.2) is 18.2 Å². The fourth-order valence-electron chi connectivity index (χ4n) is 0.915. The number of ketones is 1. The second kappa shape index (κ2) is 3.85. The molecule has 0 heterocycles. The third-order valence-corrected chi connectivity index (χ3v) is 2.00. The number of hydrogen-bond acceptors (Lipinski definition) is 3. The van der Waals surface area contributed by atoms with Crippen molar-refractivity contribution in [2.24, 2.45) is 0 Å². The van der Waals surface area contributed by atoms with Crippen molar-refractivity contribution in [2.75, 3.05) is 11.5 Å². The summed E-state index contributed by atoms with van der Waals surface area (Å²) in [5.41, 5.74) is 11.9. The van der Waals surface area contributed by atoms with E-state index < -0.39 is 10.6 Å². The van der Waals surface area contributed by atoms with E-state index in [2.05, 4.69) is 0 Å². The monoisotopic (exact) mass is 218 g/mol. The van der Waals surface area contributed by atoms with Crippen molar-refractivity contribution in [3.8, 4) is 0 Å². The van der Waals surface area contributed by atoms with Gasteiger partial charge in [0, 0.05) is 5.56 Å². The maximum Gasteiger partial charge on any atom is 0.197 e. The highest BCUT2D eigenvalue weighted by Crippen LogP contribution is 2.22. The minimum Gasteiger partial charge on any atom is -0.397 e. The molecule has 0 fully saturated rings. The highest BCUT2D eigenvalue weighted by atomic mass is 35.5. The smallest absolute Gasteiger partial charge is 0.197 e. The minimum atomic E-state index is -1.11. The summed E-state index contributed by atoms with van der Waals surface area (Å²) in [5, 5.41) is 0. The molecule has 1 aromatic carbocycles. The van der Waals surface area contributed by atoms with Gasteiger partial charge in [0.25, 0.3) is 0 Å². The Hall–Kier alpha value is -0.930. The third-order valence-electron chi connectivity index (χ3n) is 1.60. The average molecular weight is 219 g/mol. The van der Waals surface area contributed by atoms with Crippen LogP contribution in [0.4, 0.5) is 11.4 Å². The Balaban J connectivity index is 3.15. The molecule has 70 valence electrons. The van der Waals surface area contributed by atoms with E-state index in [1.165, 1.54) is 6.07 Å². The van der Waals surface area contributed by atoms with Gasteiger partial charge in [0.2, 0.25) is 0 Å². The third kappa shape index (κ3) is 2.05. The lowest BCUT2D eigenvalue weighted by atomic mass is 10.1. The number of carbonyl (C=O) groups is 1. The van der Waals surface area contributed by atoms with Gasteiger partial charge in [0.1, 0.15) is 0 Å². The number of halogens is 2. The van der Waals surface area contributed by atoms with Crippen molar-refractivity contribution in [3.05, 3.63) is 23.8 Å². The molecule has 0 radical (unpaired) electrons. The molecule has 0 aliphatic carbocycles. The van der Waals surface area contributed by atoms with Gasteiger partial charge in [-0.05, 0) is 12.1 Å².